The van der Waals surface area contributed by atoms with Gasteiger partial charge in [0, 0.05) is 44.0 Å². The molecule has 1 fully saturated rings. The summed E-state index contributed by atoms with van der Waals surface area (Å²) < 4.78 is 5.23. The van der Waals surface area contributed by atoms with Crippen molar-refractivity contribution in [3.63, 3.8) is 0 Å². The minimum atomic E-state index is -0.238. The molecule has 8 heteroatoms. The molecule has 4 heterocycles. The number of anilines is 1. The molecule has 0 aliphatic carbocycles. The molecule has 2 aromatic heterocycles. The monoisotopic (exact) mass is 450 g/mol. The van der Waals surface area contributed by atoms with Crippen molar-refractivity contribution < 1.29 is 14.0 Å². The Balaban J connectivity index is 1.19. The fraction of sp³-hybridized carbons (Fsp3) is 0.375. The van der Waals surface area contributed by atoms with Crippen molar-refractivity contribution in [2.75, 3.05) is 25.0 Å². The number of aromatic nitrogens is 1. The first-order valence-corrected chi connectivity index (χ1v) is 11.9. The van der Waals surface area contributed by atoms with Gasteiger partial charge in [-0.25, -0.2) is 4.98 Å². The van der Waals surface area contributed by atoms with Crippen LogP contribution in [0.15, 0.2) is 53.1 Å². The van der Waals surface area contributed by atoms with Crippen LogP contribution in [0.5, 0.6) is 0 Å². The van der Waals surface area contributed by atoms with Crippen LogP contribution in [-0.4, -0.2) is 46.2 Å². The van der Waals surface area contributed by atoms with E-state index in [9.17, 15) is 9.59 Å². The molecule has 166 valence electrons. The van der Waals surface area contributed by atoms with Gasteiger partial charge in [0.15, 0.2) is 10.9 Å². The summed E-state index contributed by atoms with van der Waals surface area (Å²) in [4.78, 5) is 35.5. The average molecular weight is 451 g/mol. The molecule has 1 aromatic carbocycles. The Kier molecular flexibility index (Phi) is 6.05. The number of piperidine rings is 1. The molecule has 5 rings (SSSR count). The van der Waals surface area contributed by atoms with Gasteiger partial charge in [-0.05, 0) is 30.5 Å². The molecule has 2 aliphatic heterocycles. The highest BCUT2D eigenvalue weighted by atomic mass is 32.1. The average Bonchev–Trinajstić information content (AvgIpc) is 3.49. The van der Waals surface area contributed by atoms with Gasteiger partial charge < -0.3 is 14.6 Å². The Morgan fingerprint density at radius 1 is 1.16 bits per heavy atom. The van der Waals surface area contributed by atoms with Crippen molar-refractivity contribution in [3.05, 3.63) is 70.6 Å². The van der Waals surface area contributed by atoms with Gasteiger partial charge in [0.1, 0.15) is 0 Å². The number of rotatable bonds is 5. The second-order valence-electron chi connectivity index (χ2n) is 8.39. The molecule has 7 nitrogen and oxygen atoms in total. The van der Waals surface area contributed by atoms with Crippen molar-refractivity contribution >= 4 is 28.3 Å². The van der Waals surface area contributed by atoms with Crippen molar-refractivity contribution in [1.82, 2.24) is 14.8 Å². The second kappa shape index (κ2) is 9.26. The topological polar surface area (TPSA) is 78.7 Å². The van der Waals surface area contributed by atoms with E-state index in [4.69, 9.17) is 4.42 Å². The minimum absolute atomic E-state index is 0.0609. The van der Waals surface area contributed by atoms with Gasteiger partial charge in [0.2, 0.25) is 5.91 Å². The van der Waals surface area contributed by atoms with E-state index in [0.29, 0.717) is 24.0 Å². The number of carbonyl (C=O) groups excluding carboxylic acids is 2. The Labute approximate surface area is 191 Å². The predicted octanol–water partition coefficient (Wildman–Crippen LogP) is 3.79. The highest BCUT2D eigenvalue weighted by Gasteiger charge is 2.31. The number of nitrogens with one attached hydrogen (secondary N) is 1. The lowest BCUT2D eigenvalue weighted by molar-refractivity contribution is -0.121. The quantitative estimate of drug-likeness (QED) is 0.640. The fourth-order valence-corrected chi connectivity index (χ4v) is 5.47. The summed E-state index contributed by atoms with van der Waals surface area (Å²) in [6.07, 6.45) is 3.95. The van der Waals surface area contributed by atoms with Crippen LogP contribution in [0.2, 0.25) is 0 Å². The first kappa shape index (κ1) is 20.9. The zero-order valence-corrected chi connectivity index (χ0v) is 18.6. The van der Waals surface area contributed by atoms with Crippen LogP contribution in [0.1, 0.15) is 39.5 Å². The number of hydrogen-bond acceptors (Lipinski definition) is 6. The highest BCUT2D eigenvalue weighted by Crippen LogP contribution is 2.30. The van der Waals surface area contributed by atoms with Gasteiger partial charge in [0.05, 0.1) is 17.9 Å². The highest BCUT2D eigenvalue weighted by molar-refractivity contribution is 7.15. The lowest BCUT2D eigenvalue weighted by Crippen LogP contribution is -2.43. The molecular formula is C24H26N4O3S. The van der Waals surface area contributed by atoms with Crippen molar-refractivity contribution in [2.24, 2.45) is 5.92 Å². The van der Waals surface area contributed by atoms with Gasteiger partial charge in [-0.2, -0.15) is 0 Å². The zero-order chi connectivity index (χ0) is 21.9. The number of benzene rings is 1. The summed E-state index contributed by atoms with van der Waals surface area (Å²) >= 11 is 1.57. The summed E-state index contributed by atoms with van der Waals surface area (Å²) in [5, 5.41) is 3.68. The molecule has 2 amide bonds. The third kappa shape index (κ3) is 4.61. The Morgan fingerprint density at radius 2 is 2.03 bits per heavy atom. The van der Waals surface area contributed by atoms with Gasteiger partial charge in [-0.3, -0.25) is 14.5 Å². The van der Waals surface area contributed by atoms with Gasteiger partial charge in [-0.1, -0.05) is 30.3 Å². The summed E-state index contributed by atoms with van der Waals surface area (Å²) in [5.41, 5.74) is 2.40. The summed E-state index contributed by atoms with van der Waals surface area (Å²) in [5.74, 6) is -0.137. The maximum Gasteiger partial charge on any atom is 0.289 e. The zero-order valence-electron chi connectivity index (χ0n) is 17.8. The smallest absolute Gasteiger partial charge is 0.289 e. The van der Waals surface area contributed by atoms with Crippen LogP contribution in [0.25, 0.3) is 0 Å². The van der Waals surface area contributed by atoms with Crippen LogP contribution in [0.3, 0.4) is 0 Å². The number of amides is 2. The van der Waals surface area contributed by atoms with Crippen LogP contribution < -0.4 is 5.32 Å². The maximum atomic E-state index is 12.9. The van der Waals surface area contributed by atoms with E-state index >= 15 is 0 Å². The fourth-order valence-electron chi connectivity index (χ4n) is 4.42. The number of nitrogens with zero attached hydrogens (tertiary/aromatic N) is 3. The standard InChI is InChI=1S/C24H26N4O3S/c29-22(18-8-4-11-28(15-18)23(30)20-9-5-13-31-20)26-24-25-19-10-12-27(16-21(19)32-24)14-17-6-2-1-3-7-17/h1-3,5-7,9,13,18H,4,8,10-12,14-16H2,(H,25,26,29). The Bertz CT molecular complexity index is 1080. The molecule has 2 aliphatic rings. The van der Waals surface area contributed by atoms with Gasteiger partial charge in [-0.15, -0.1) is 11.3 Å². The summed E-state index contributed by atoms with van der Waals surface area (Å²) in [6.45, 7) is 3.78. The van der Waals surface area contributed by atoms with E-state index in [0.717, 1.165) is 44.6 Å². The number of fused-ring (bicyclic) bond motifs is 1. The van der Waals surface area contributed by atoms with E-state index in [1.165, 1.54) is 16.7 Å². The summed E-state index contributed by atoms with van der Waals surface area (Å²) in [7, 11) is 0. The van der Waals surface area contributed by atoms with Crippen LogP contribution >= 0.6 is 11.3 Å². The maximum absolute atomic E-state index is 12.9. The van der Waals surface area contributed by atoms with Crippen molar-refractivity contribution in [2.45, 2.75) is 32.4 Å². The number of furan rings is 1. The van der Waals surface area contributed by atoms with E-state index in [1.54, 1.807) is 28.4 Å². The van der Waals surface area contributed by atoms with Gasteiger partial charge >= 0.3 is 0 Å². The molecule has 1 atom stereocenters. The Hall–Kier alpha value is -2.97. The third-order valence-electron chi connectivity index (χ3n) is 6.10. The van der Waals surface area contributed by atoms with E-state index in [1.807, 2.05) is 6.07 Å². The molecule has 32 heavy (non-hydrogen) atoms. The van der Waals surface area contributed by atoms with Crippen LogP contribution in [-0.2, 0) is 24.3 Å². The first-order chi connectivity index (χ1) is 15.7. The van der Waals surface area contributed by atoms with E-state index in [-0.39, 0.29) is 17.7 Å². The molecule has 1 N–H and O–H groups in total. The lowest BCUT2D eigenvalue weighted by Gasteiger charge is -2.31. The van der Waals surface area contributed by atoms with Crippen molar-refractivity contribution in [1.29, 1.82) is 0 Å². The van der Waals surface area contributed by atoms with Crippen LogP contribution in [0.4, 0.5) is 5.13 Å². The van der Waals surface area contributed by atoms with E-state index < -0.39 is 0 Å². The first-order valence-electron chi connectivity index (χ1n) is 11.0. The largest absolute Gasteiger partial charge is 0.459 e. The van der Waals surface area contributed by atoms with E-state index in [2.05, 4.69) is 39.5 Å². The molecule has 0 bridgehead atoms. The predicted molar refractivity (Wildman–Crippen MR) is 122 cm³/mol. The third-order valence-corrected chi connectivity index (χ3v) is 7.10. The minimum Gasteiger partial charge on any atom is -0.459 e. The number of hydrogen-bond donors (Lipinski definition) is 1. The Morgan fingerprint density at radius 3 is 2.84 bits per heavy atom. The number of thiazole rings is 1. The molecule has 0 saturated carbocycles. The molecule has 1 unspecified atom stereocenters. The van der Waals surface area contributed by atoms with Crippen LogP contribution in [0, 0.1) is 5.92 Å². The second-order valence-corrected chi connectivity index (χ2v) is 9.48. The molecular weight excluding hydrogens is 424 g/mol. The van der Waals surface area contributed by atoms with Gasteiger partial charge in [0.25, 0.3) is 5.91 Å². The SMILES string of the molecule is O=C(Nc1nc2c(s1)CN(Cc1ccccc1)CC2)C1CCCN(C(=O)c2ccco2)C1. The molecule has 0 radical (unpaired) electrons. The normalized spacial score (nSPS) is 18.9. The number of likely N-dealkylation sites (tertiary alicyclic amines) is 1. The molecule has 3 aromatic rings. The molecule has 0 spiro atoms. The summed E-state index contributed by atoms with van der Waals surface area (Å²) in [6, 6.07) is 13.8. The lowest BCUT2D eigenvalue weighted by atomic mass is 9.97. The molecule has 1 saturated heterocycles. The number of carbonyl (C=O) groups is 2. The van der Waals surface area contributed by atoms with Crippen molar-refractivity contribution in [3.8, 4) is 0 Å².